The van der Waals surface area contributed by atoms with Crippen LogP contribution in [0.1, 0.15) is 19.0 Å². The van der Waals surface area contributed by atoms with Gasteiger partial charge in [-0.2, -0.15) is 5.10 Å². The molecule has 0 aliphatic heterocycles. The summed E-state index contributed by atoms with van der Waals surface area (Å²) < 4.78 is 1.94. The minimum Gasteiger partial charge on any atom is -0.361 e. The molecule has 0 bridgehead atoms. The molecule has 0 spiro atoms. The van der Waals surface area contributed by atoms with Crippen molar-refractivity contribution < 1.29 is 0 Å². The summed E-state index contributed by atoms with van der Waals surface area (Å²) in [7, 11) is 0. The maximum atomic E-state index is 4.72. The molecule has 0 saturated carbocycles. The van der Waals surface area contributed by atoms with E-state index in [1.165, 1.54) is 5.39 Å². The van der Waals surface area contributed by atoms with E-state index in [9.17, 15) is 0 Å². The molecule has 21 heavy (non-hydrogen) atoms. The van der Waals surface area contributed by atoms with E-state index in [1.807, 2.05) is 23.0 Å². The molecule has 4 rings (SSSR count). The minimum atomic E-state index is 0.888. The molecule has 3 heterocycles. The van der Waals surface area contributed by atoms with Crippen molar-refractivity contribution in [1.29, 1.82) is 0 Å². The van der Waals surface area contributed by atoms with E-state index in [0.717, 1.165) is 41.0 Å². The van der Waals surface area contributed by atoms with Gasteiger partial charge in [0.1, 0.15) is 0 Å². The van der Waals surface area contributed by atoms with Gasteiger partial charge >= 0.3 is 0 Å². The Labute approximate surface area is 122 Å². The zero-order chi connectivity index (χ0) is 14.2. The number of aromatic nitrogens is 4. The largest absolute Gasteiger partial charge is 0.361 e. The first-order chi connectivity index (χ1) is 10.3. The van der Waals surface area contributed by atoms with Crippen LogP contribution in [0.25, 0.3) is 27.8 Å². The Morgan fingerprint density at radius 2 is 2.10 bits per heavy atom. The van der Waals surface area contributed by atoms with Crippen LogP contribution in [0.2, 0.25) is 0 Å². The van der Waals surface area contributed by atoms with E-state index < -0.39 is 0 Å². The fraction of sp³-hybridized carbons (Fsp3) is 0.176. The molecule has 4 nitrogen and oxygen atoms in total. The highest BCUT2D eigenvalue weighted by Gasteiger charge is 2.08. The van der Waals surface area contributed by atoms with Gasteiger partial charge in [0.2, 0.25) is 0 Å². The third kappa shape index (κ3) is 2.00. The van der Waals surface area contributed by atoms with Crippen molar-refractivity contribution in [1.82, 2.24) is 19.6 Å². The molecule has 1 aromatic carbocycles. The minimum absolute atomic E-state index is 0.888. The lowest BCUT2D eigenvalue weighted by Gasteiger charge is -2.04. The molecule has 4 aromatic rings. The number of H-pyrrole nitrogens is 1. The van der Waals surface area contributed by atoms with Gasteiger partial charge in [-0.25, -0.2) is 9.50 Å². The zero-order valence-electron chi connectivity index (χ0n) is 11.9. The van der Waals surface area contributed by atoms with Crippen LogP contribution in [0.5, 0.6) is 0 Å². The number of rotatable bonds is 3. The van der Waals surface area contributed by atoms with Gasteiger partial charge in [-0.1, -0.05) is 19.4 Å². The number of benzene rings is 1. The predicted octanol–water partition coefficient (Wildman–Crippen LogP) is 3.83. The maximum absolute atomic E-state index is 4.72. The summed E-state index contributed by atoms with van der Waals surface area (Å²) in [6.45, 7) is 2.17. The third-order valence-corrected chi connectivity index (χ3v) is 3.77. The smallest absolute Gasteiger partial charge is 0.154 e. The van der Waals surface area contributed by atoms with Crippen LogP contribution in [0, 0.1) is 0 Å². The molecular formula is C17H16N4. The Bertz CT molecular complexity index is 917. The second-order valence-corrected chi connectivity index (χ2v) is 5.27. The fourth-order valence-corrected chi connectivity index (χ4v) is 2.71. The number of imidazole rings is 1. The van der Waals surface area contributed by atoms with Crippen molar-refractivity contribution in [2.45, 2.75) is 19.8 Å². The Morgan fingerprint density at radius 3 is 3.00 bits per heavy atom. The van der Waals surface area contributed by atoms with Crippen molar-refractivity contribution in [3.63, 3.8) is 0 Å². The van der Waals surface area contributed by atoms with Gasteiger partial charge in [0, 0.05) is 22.7 Å². The van der Waals surface area contributed by atoms with Gasteiger partial charge in [0.05, 0.1) is 17.6 Å². The van der Waals surface area contributed by atoms with E-state index in [-0.39, 0.29) is 0 Å². The van der Waals surface area contributed by atoms with Gasteiger partial charge in [0.15, 0.2) is 5.65 Å². The molecule has 4 heteroatoms. The average Bonchev–Trinajstić information content (AvgIpc) is 3.12. The van der Waals surface area contributed by atoms with Crippen LogP contribution in [-0.2, 0) is 6.42 Å². The average molecular weight is 276 g/mol. The summed E-state index contributed by atoms with van der Waals surface area (Å²) in [5.41, 5.74) is 5.31. The second kappa shape index (κ2) is 4.74. The fourth-order valence-electron chi connectivity index (χ4n) is 2.71. The SMILES string of the molecule is CCCc1ccc2ncc(-c3ccc4[nH]ccc4c3)n2n1. The highest BCUT2D eigenvalue weighted by Crippen LogP contribution is 2.24. The monoisotopic (exact) mass is 276 g/mol. The summed E-state index contributed by atoms with van der Waals surface area (Å²) in [5.74, 6) is 0. The topological polar surface area (TPSA) is 46.0 Å². The van der Waals surface area contributed by atoms with Crippen LogP contribution in [0.4, 0.5) is 0 Å². The molecule has 0 radical (unpaired) electrons. The molecular weight excluding hydrogens is 260 g/mol. The molecule has 0 amide bonds. The molecule has 1 N–H and O–H groups in total. The van der Waals surface area contributed by atoms with Crippen molar-refractivity contribution in [2.24, 2.45) is 0 Å². The molecule has 0 fully saturated rings. The van der Waals surface area contributed by atoms with Gasteiger partial charge in [-0.05, 0) is 36.8 Å². The van der Waals surface area contributed by atoms with Gasteiger partial charge in [-0.3, -0.25) is 0 Å². The van der Waals surface area contributed by atoms with Gasteiger partial charge < -0.3 is 4.98 Å². The molecule has 0 atom stereocenters. The lowest BCUT2D eigenvalue weighted by Crippen LogP contribution is -1.99. The predicted molar refractivity (Wildman–Crippen MR) is 84.3 cm³/mol. The zero-order valence-corrected chi connectivity index (χ0v) is 11.9. The second-order valence-electron chi connectivity index (χ2n) is 5.27. The number of hydrogen-bond donors (Lipinski definition) is 1. The van der Waals surface area contributed by atoms with Gasteiger partial charge in [-0.15, -0.1) is 0 Å². The Morgan fingerprint density at radius 1 is 1.14 bits per heavy atom. The highest BCUT2D eigenvalue weighted by molar-refractivity contribution is 5.84. The van der Waals surface area contributed by atoms with Crippen LogP contribution < -0.4 is 0 Å². The number of fused-ring (bicyclic) bond motifs is 2. The highest BCUT2D eigenvalue weighted by atomic mass is 15.3. The van der Waals surface area contributed by atoms with E-state index in [0.29, 0.717) is 0 Å². The quantitative estimate of drug-likeness (QED) is 0.618. The van der Waals surface area contributed by atoms with E-state index in [4.69, 9.17) is 5.10 Å². The van der Waals surface area contributed by atoms with E-state index in [2.05, 4.69) is 47.2 Å². The van der Waals surface area contributed by atoms with E-state index >= 15 is 0 Å². The molecule has 0 unspecified atom stereocenters. The van der Waals surface area contributed by atoms with Crippen LogP contribution in [-0.4, -0.2) is 19.6 Å². The van der Waals surface area contributed by atoms with E-state index in [1.54, 1.807) is 0 Å². The summed E-state index contributed by atoms with van der Waals surface area (Å²) in [5, 5.41) is 5.92. The first-order valence-electron chi connectivity index (χ1n) is 7.26. The standard InChI is InChI=1S/C17H16N4/c1-2-3-14-5-7-17-19-11-16(21(17)20-14)13-4-6-15-12(10-13)8-9-18-15/h4-11,18H,2-3H2,1H3. The molecule has 0 aliphatic rings. The Hall–Kier alpha value is -2.62. The summed E-state index contributed by atoms with van der Waals surface area (Å²) in [4.78, 5) is 7.67. The maximum Gasteiger partial charge on any atom is 0.154 e. The van der Waals surface area contributed by atoms with Crippen molar-refractivity contribution in [3.05, 3.63) is 54.5 Å². The van der Waals surface area contributed by atoms with Gasteiger partial charge in [0.25, 0.3) is 0 Å². The Kier molecular flexibility index (Phi) is 2.74. The number of nitrogens with zero attached hydrogens (tertiary/aromatic N) is 3. The lowest BCUT2D eigenvalue weighted by atomic mass is 10.1. The number of aromatic amines is 1. The van der Waals surface area contributed by atoms with Crippen molar-refractivity contribution in [3.8, 4) is 11.3 Å². The lowest BCUT2D eigenvalue weighted by molar-refractivity contribution is 0.813. The molecule has 0 saturated heterocycles. The van der Waals surface area contributed by atoms with Crippen molar-refractivity contribution in [2.75, 3.05) is 0 Å². The molecule has 104 valence electrons. The Balaban J connectivity index is 1.89. The first-order valence-corrected chi connectivity index (χ1v) is 7.26. The summed E-state index contributed by atoms with van der Waals surface area (Å²) in [6.07, 6.45) is 5.94. The van der Waals surface area contributed by atoms with Crippen LogP contribution in [0.15, 0.2) is 48.8 Å². The molecule has 0 aliphatic carbocycles. The first kappa shape index (κ1) is 12.1. The number of hydrogen-bond acceptors (Lipinski definition) is 2. The number of aryl methyl sites for hydroxylation is 1. The van der Waals surface area contributed by atoms with Crippen LogP contribution in [0.3, 0.4) is 0 Å². The molecule has 3 aromatic heterocycles. The summed E-state index contributed by atoms with van der Waals surface area (Å²) in [6, 6.07) is 12.6. The number of nitrogens with one attached hydrogen (secondary N) is 1. The summed E-state index contributed by atoms with van der Waals surface area (Å²) >= 11 is 0. The normalized spacial score (nSPS) is 11.5. The van der Waals surface area contributed by atoms with Crippen LogP contribution >= 0.6 is 0 Å². The van der Waals surface area contributed by atoms with Crippen molar-refractivity contribution >= 4 is 16.6 Å². The third-order valence-electron chi connectivity index (χ3n) is 3.77.